The molecule has 1 saturated heterocycles. The number of likely N-dealkylation sites (tertiary alicyclic amines) is 1. The summed E-state index contributed by atoms with van der Waals surface area (Å²) in [6, 6.07) is -0.0400. The van der Waals surface area contributed by atoms with Crippen LogP contribution in [0, 0.1) is 6.92 Å². The van der Waals surface area contributed by atoms with Crippen molar-refractivity contribution < 1.29 is 9.59 Å². The lowest BCUT2D eigenvalue weighted by Crippen LogP contribution is -2.36. The number of hydrazine groups is 1. The first-order chi connectivity index (χ1) is 10.4. The van der Waals surface area contributed by atoms with Gasteiger partial charge in [-0.05, 0) is 26.7 Å². The van der Waals surface area contributed by atoms with Crippen molar-refractivity contribution in [3.63, 3.8) is 0 Å². The third-order valence-corrected chi connectivity index (χ3v) is 4.51. The Bertz CT molecular complexity index is 637. The standard InChI is InChI=1S/C14H19N5O2S/c1-8-7-22-13(16-8)11-5-4-6-19(11)14(21)10(3)17-9(2)12(20)18-15/h7,11H,3-6,15H2,1-2H3,(H,18,20)/t11-/m1/s1. The van der Waals surface area contributed by atoms with Crippen LogP contribution in [0.5, 0.6) is 0 Å². The van der Waals surface area contributed by atoms with Crippen molar-refractivity contribution in [1.29, 1.82) is 0 Å². The highest BCUT2D eigenvalue weighted by Crippen LogP contribution is 2.34. The summed E-state index contributed by atoms with van der Waals surface area (Å²) in [5.41, 5.74) is 3.05. The molecule has 1 fully saturated rings. The van der Waals surface area contributed by atoms with E-state index in [1.165, 1.54) is 6.92 Å². The Morgan fingerprint density at radius 2 is 2.32 bits per heavy atom. The zero-order valence-corrected chi connectivity index (χ0v) is 13.4. The van der Waals surface area contributed by atoms with E-state index in [0.717, 1.165) is 23.5 Å². The van der Waals surface area contributed by atoms with Gasteiger partial charge in [0.2, 0.25) is 0 Å². The van der Waals surface area contributed by atoms with E-state index in [0.29, 0.717) is 6.54 Å². The number of amides is 2. The number of aliphatic imine (C=N–C) groups is 1. The van der Waals surface area contributed by atoms with Gasteiger partial charge in [-0.1, -0.05) is 6.58 Å². The van der Waals surface area contributed by atoms with Crippen molar-refractivity contribution in [1.82, 2.24) is 15.3 Å². The number of rotatable bonds is 4. The number of hydrogen-bond donors (Lipinski definition) is 2. The highest BCUT2D eigenvalue weighted by atomic mass is 32.1. The Balaban J connectivity index is 2.14. The number of thiazole rings is 1. The van der Waals surface area contributed by atoms with Crippen molar-refractivity contribution in [2.24, 2.45) is 10.8 Å². The molecule has 2 rings (SSSR count). The van der Waals surface area contributed by atoms with Crippen molar-refractivity contribution in [3.8, 4) is 0 Å². The number of aromatic nitrogens is 1. The van der Waals surface area contributed by atoms with Crippen LogP contribution in [0.4, 0.5) is 0 Å². The molecule has 118 valence electrons. The minimum Gasteiger partial charge on any atom is -0.328 e. The first kappa shape index (κ1) is 16.3. The summed E-state index contributed by atoms with van der Waals surface area (Å²) in [5, 5.41) is 2.90. The Hall–Kier alpha value is -2.06. The molecular formula is C14H19N5O2S. The lowest BCUT2D eigenvalue weighted by Gasteiger charge is -2.23. The van der Waals surface area contributed by atoms with Crippen molar-refractivity contribution in [3.05, 3.63) is 28.4 Å². The summed E-state index contributed by atoms with van der Waals surface area (Å²) in [5.74, 6) is 4.22. The molecule has 1 aromatic heterocycles. The predicted octanol–water partition coefficient (Wildman–Crippen LogP) is 1.08. The van der Waals surface area contributed by atoms with Crippen molar-refractivity contribution in [2.45, 2.75) is 32.7 Å². The van der Waals surface area contributed by atoms with Gasteiger partial charge >= 0.3 is 0 Å². The lowest BCUT2D eigenvalue weighted by molar-refractivity contribution is -0.128. The molecule has 0 aliphatic carbocycles. The maximum Gasteiger partial charge on any atom is 0.279 e. The molecule has 22 heavy (non-hydrogen) atoms. The number of aryl methyl sites for hydroxylation is 1. The summed E-state index contributed by atoms with van der Waals surface area (Å²) >= 11 is 1.55. The Kier molecular flexibility index (Phi) is 5.04. The smallest absolute Gasteiger partial charge is 0.279 e. The fourth-order valence-corrected chi connectivity index (χ4v) is 3.31. The zero-order chi connectivity index (χ0) is 16.3. The van der Waals surface area contributed by atoms with Gasteiger partial charge < -0.3 is 4.90 Å². The molecule has 7 nitrogen and oxygen atoms in total. The second kappa shape index (κ2) is 6.80. The van der Waals surface area contributed by atoms with Crippen molar-refractivity contribution >= 4 is 28.9 Å². The third-order valence-electron chi connectivity index (χ3n) is 3.44. The summed E-state index contributed by atoms with van der Waals surface area (Å²) in [4.78, 5) is 34.0. The largest absolute Gasteiger partial charge is 0.328 e. The van der Waals surface area contributed by atoms with E-state index in [-0.39, 0.29) is 23.4 Å². The first-order valence-corrected chi connectivity index (χ1v) is 7.80. The Morgan fingerprint density at radius 3 is 2.91 bits per heavy atom. The minimum absolute atomic E-state index is 0.0290. The molecule has 0 saturated carbocycles. The normalized spacial score (nSPS) is 18.4. The molecule has 0 aromatic carbocycles. The second-order valence-corrected chi connectivity index (χ2v) is 5.99. The van der Waals surface area contributed by atoms with Crippen LogP contribution in [-0.4, -0.2) is 34.0 Å². The Morgan fingerprint density at radius 1 is 1.59 bits per heavy atom. The average molecular weight is 321 g/mol. The average Bonchev–Trinajstić information content (AvgIpc) is 3.13. The van der Waals surface area contributed by atoms with Gasteiger partial charge in [-0.25, -0.2) is 15.8 Å². The molecule has 3 N–H and O–H groups in total. The zero-order valence-electron chi connectivity index (χ0n) is 12.6. The first-order valence-electron chi connectivity index (χ1n) is 6.92. The minimum atomic E-state index is -0.539. The topological polar surface area (TPSA) is 101 Å². The molecule has 8 heteroatoms. The van der Waals surface area contributed by atoms with E-state index in [1.807, 2.05) is 17.7 Å². The molecule has 1 aliphatic heterocycles. The van der Waals surface area contributed by atoms with Crippen LogP contribution >= 0.6 is 11.3 Å². The molecule has 0 radical (unpaired) electrons. The third kappa shape index (κ3) is 3.40. The van der Waals surface area contributed by atoms with Gasteiger partial charge in [0.05, 0.1) is 6.04 Å². The van der Waals surface area contributed by atoms with Gasteiger partial charge in [0, 0.05) is 17.6 Å². The van der Waals surface area contributed by atoms with E-state index >= 15 is 0 Å². The molecule has 2 amide bonds. The summed E-state index contributed by atoms with van der Waals surface area (Å²) < 4.78 is 0. The highest BCUT2D eigenvalue weighted by molar-refractivity contribution is 7.09. The van der Waals surface area contributed by atoms with E-state index in [4.69, 9.17) is 5.84 Å². The van der Waals surface area contributed by atoms with Gasteiger partial charge in [-0.15, -0.1) is 11.3 Å². The van der Waals surface area contributed by atoms with Crippen LogP contribution in [0.25, 0.3) is 0 Å². The van der Waals surface area contributed by atoms with Gasteiger partial charge in [0.25, 0.3) is 11.8 Å². The number of nitrogens with two attached hydrogens (primary N) is 1. The summed E-state index contributed by atoms with van der Waals surface area (Å²) in [6.45, 7) is 7.72. The molecule has 1 aliphatic rings. The van der Waals surface area contributed by atoms with E-state index < -0.39 is 5.91 Å². The van der Waals surface area contributed by atoms with Gasteiger partial charge in [0.1, 0.15) is 16.4 Å². The fourth-order valence-electron chi connectivity index (χ4n) is 2.36. The summed E-state index contributed by atoms with van der Waals surface area (Å²) in [7, 11) is 0. The highest BCUT2D eigenvalue weighted by Gasteiger charge is 2.33. The van der Waals surface area contributed by atoms with Crippen LogP contribution in [-0.2, 0) is 9.59 Å². The molecular weight excluding hydrogens is 302 g/mol. The number of hydrogen-bond acceptors (Lipinski definition) is 6. The molecule has 1 atom stereocenters. The van der Waals surface area contributed by atoms with Gasteiger partial charge in [-0.3, -0.25) is 15.0 Å². The molecule has 0 spiro atoms. The maximum absolute atomic E-state index is 12.5. The van der Waals surface area contributed by atoms with Crippen LogP contribution in [0.3, 0.4) is 0 Å². The second-order valence-electron chi connectivity index (χ2n) is 5.10. The Labute approximate surface area is 132 Å². The maximum atomic E-state index is 12.5. The summed E-state index contributed by atoms with van der Waals surface area (Å²) in [6.07, 6.45) is 1.78. The molecule has 0 bridgehead atoms. The van der Waals surface area contributed by atoms with E-state index in [2.05, 4.69) is 16.6 Å². The quantitative estimate of drug-likeness (QED) is 0.285. The van der Waals surface area contributed by atoms with Crippen LogP contribution in [0.1, 0.15) is 36.5 Å². The molecule has 2 heterocycles. The van der Waals surface area contributed by atoms with Crippen LogP contribution in [0.15, 0.2) is 22.6 Å². The monoisotopic (exact) mass is 321 g/mol. The lowest BCUT2D eigenvalue weighted by atomic mass is 10.2. The van der Waals surface area contributed by atoms with E-state index in [1.54, 1.807) is 16.2 Å². The molecule has 1 aromatic rings. The van der Waals surface area contributed by atoms with E-state index in [9.17, 15) is 9.59 Å². The van der Waals surface area contributed by atoms with Crippen LogP contribution in [0.2, 0.25) is 0 Å². The number of carbonyl (C=O) groups is 2. The van der Waals surface area contributed by atoms with Gasteiger partial charge in [0.15, 0.2) is 0 Å². The number of carbonyl (C=O) groups excluding carboxylic acids is 2. The number of nitrogens with zero attached hydrogens (tertiary/aromatic N) is 3. The number of nitrogens with one attached hydrogen (secondary N) is 1. The van der Waals surface area contributed by atoms with Gasteiger partial charge in [-0.2, -0.15) is 0 Å². The SMILES string of the molecule is C=C(N=C(C)C(=O)NN)C(=O)N1CCC[C@@H]1c1nc(C)cs1. The fraction of sp³-hybridized carbons (Fsp3) is 0.429. The van der Waals surface area contributed by atoms with Crippen LogP contribution < -0.4 is 11.3 Å². The van der Waals surface area contributed by atoms with Crippen molar-refractivity contribution in [2.75, 3.05) is 6.54 Å². The predicted molar refractivity (Wildman–Crippen MR) is 85.1 cm³/mol. The molecule has 0 unspecified atom stereocenters.